The minimum atomic E-state index is -1.11. The van der Waals surface area contributed by atoms with Crippen molar-refractivity contribution < 1.29 is 24.2 Å². The highest BCUT2D eigenvalue weighted by atomic mass is 16.6. The summed E-state index contributed by atoms with van der Waals surface area (Å²) in [5.74, 6) is -0.679. The van der Waals surface area contributed by atoms with Gasteiger partial charge in [0.05, 0.1) is 0 Å². The number of ketones is 1. The molecule has 0 heterocycles. The molecule has 0 saturated carbocycles. The lowest BCUT2D eigenvalue weighted by Crippen LogP contribution is -2.32. The summed E-state index contributed by atoms with van der Waals surface area (Å²) in [7, 11) is 0. The Hall–Kier alpha value is -3.08. The maximum Gasteiger partial charge on any atom is 0.330 e. The van der Waals surface area contributed by atoms with Gasteiger partial charge >= 0.3 is 5.97 Å². The fourth-order valence-corrected chi connectivity index (χ4v) is 1.89. The molecule has 0 amide bonds. The van der Waals surface area contributed by atoms with Crippen LogP contribution in [0.4, 0.5) is 0 Å². The lowest BCUT2D eigenvalue weighted by molar-refractivity contribution is -0.142. The van der Waals surface area contributed by atoms with Crippen LogP contribution in [-0.4, -0.2) is 29.6 Å². The van der Waals surface area contributed by atoms with Crippen molar-refractivity contribution in [3.63, 3.8) is 0 Å². The number of hydrogen-bond acceptors (Lipinski definition) is 5. The Morgan fingerprint density at radius 2 is 1.87 bits per heavy atom. The zero-order valence-electron chi connectivity index (χ0n) is 12.3. The third-order valence-corrected chi connectivity index (χ3v) is 2.99. The van der Waals surface area contributed by atoms with Gasteiger partial charge in [-0.3, -0.25) is 4.79 Å². The van der Waals surface area contributed by atoms with E-state index in [1.807, 2.05) is 0 Å². The smallest absolute Gasteiger partial charge is 0.330 e. The van der Waals surface area contributed by atoms with E-state index in [4.69, 9.17) is 9.47 Å². The largest absolute Gasteiger partial charge is 0.508 e. The van der Waals surface area contributed by atoms with Crippen molar-refractivity contribution >= 4 is 11.8 Å². The highest BCUT2D eigenvalue weighted by Crippen LogP contribution is 2.18. The Labute approximate surface area is 133 Å². The Morgan fingerprint density at radius 1 is 1.13 bits per heavy atom. The van der Waals surface area contributed by atoms with E-state index in [0.29, 0.717) is 11.3 Å². The number of phenols is 1. The van der Waals surface area contributed by atoms with Crippen LogP contribution in [0.5, 0.6) is 11.5 Å². The Kier molecular flexibility index (Phi) is 5.52. The van der Waals surface area contributed by atoms with Crippen molar-refractivity contribution in [2.24, 2.45) is 0 Å². The van der Waals surface area contributed by atoms with E-state index in [0.717, 1.165) is 6.08 Å². The topological polar surface area (TPSA) is 72.8 Å². The second-order valence-corrected chi connectivity index (χ2v) is 4.67. The molecule has 1 N–H and O–H groups in total. The molecule has 0 radical (unpaired) electrons. The summed E-state index contributed by atoms with van der Waals surface area (Å²) in [5, 5.41) is 9.40. The van der Waals surface area contributed by atoms with E-state index < -0.39 is 12.1 Å². The zero-order chi connectivity index (χ0) is 16.7. The molecule has 5 heteroatoms. The standard InChI is InChI=1S/C18H16O5/c1-2-17(20)23-16(18(21)13-7-4-3-5-8-13)12-22-15-10-6-9-14(19)11-15/h2-11,16,19H,1,12H2. The van der Waals surface area contributed by atoms with Crippen LogP contribution < -0.4 is 4.74 Å². The number of ether oxygens (including phenoxy) is 2. The van der Waals surface area contributed by atoms with Gasteiger partial charge in [-0.1, -0.05) is 43.0 Å². The molecule has 0 spiro atoms. The van der Waals surface area contributed by atoms with Crippen molar-refractivity contribution in [1.82, 2.24) is 0 Å². The third-order valence-electron chi connectivity index (χ3n) is 2.99. The van der Waals surface area contributed by atoms with E-state index in [1.165, 1.54) is 12.1 Å². The minimum Gasteiger partial charge on any atom is -0.508 e. The van der Waals surface area contributed by atoms with Gasteiger partial charge in [0, 0.05) is 17.7 Å². The second-order valence-electron chi connectivity index (χ2n) is 4.67. The predicted molar refractivity (Wildman–Crippen MR) is 84.5 cm³/mol. The van der Waals surface area contributed by atoms with Gasteiger partial charge in [-0.25, -0.2) is 4.79 Å². The van der Waals surface area contributed by atoms with Crippen molar-refractivity contribution in [2.45, 2.75) is 6.10 Å². The molecular formula is C18H16O5. The minimum absolute atomic E-state index is 0.0384. The first-order valence-corrected chi connectivity index (χ1v) is 6.94. The third kappa shape index (κ3) is 4.71. The van der Waals surface area contributed by atoms with Crippen LogP contribution in [0.2, 0.25) is 0 Å². The first kappa shape index (κ1) is 16.3. The Balaban J connectivity index is 2.12. The number of carbonyl (C=O) groups is 2. The number of rotatable bonds is 7. The summed E-state index contributed by atoms with van der Waals surface area (Å²) in [6.07, 6.45) is -0.121. The van der Waals surface area contributed by atoms with Gasteiger partial charge in [0.15, 0.2) is 6.10 Å². The summed E-state index contributed by atoms with van der Waals surface area (Å²) >= 11 is 0. The Bertz CT molecular complexity index is 694. The van der Waals surface area contributed by atoms with E-state index in [1.54, 1.807) is 42.5 Å². The van der Waals surface area contributed by atoms with Gasteiger partial charge in [-0.2, -0.15) is 0 Å². The van der Waals surface area contributed by atoms with Gasteiger partial charge in [-0.05, 0) is 12.1 Å². The summed E-state index contributed by atoms with van der Waals surface area (Å²) in [5.41, 5.74) is 0.411. The zero-order valence-corrected chi connectivity index (χ0v) is 12.3. The predicted octanol–water partition coefficient (Wildman–Crippen LogP) is 2.75. The highest BCUT2D eigenvalue weighted by Gasteiger charge is 2.24. The maximum absolute atomic E-state index is 12.4. The molecule has 0 saturated heterocycles. The SMILES string of the molecule is C=CC(=O)OC(COc1cccc(O)c1)C(=O)c1ccccc1. The molecule has 0 aliphatic carbocycles. The molecule has 118 valence electrons. The fraction of sp³-hybridized carbons (Fsp3) is 0.111. The van der Waals surface area contributed by atoms with E-state index in [-0.39, 0.29) is 18.1 Å². The number of hydrogen-bond donors (Lipinski definition) is 1. The molecule has 0 fully saturated rings. The first-order chi connectivity index (χ1) is 11.1. The summed E-state index contributed by atoms with van der Waals surface area (Å²) in [6.45, 7) is 3.15. The van der Waals surface area contributed by atoms with Crippen molar-refractivity contribution in [1.29, 1.82) is 0 Å². The van der Waals surface area contributed by atoms with E-state index in [2.05, 4.69) is 6.58 Å². The molecular weight excluding hydrogens is 296 g/mol. The fourth-order valence-electron chi connectivity index (χ4n) is 1.89. The molecule has 2 aromatic rings. The monoisotopic (exact) mass is 312 g/mol. The molecule has 2 aromatic carbocycles. The lowest BCUT2D eigenvalue weighted by atomic mass is 10.1. The number of carbonyl (C=O) groups excluding carboxylic acids is 2. The van der Waals surface area contributed by atoms with Crippen molar-refractivity contribution in [2.75, 3.05) is 6.61 Å². The van der Waals surface area contributed by atoms with Crippen LogP contribution >= 0.6 is 0 Å². The van der Waals surface area contributed by atoms with Crippen LogP contribution in [0.1, 0.15) is 10.4 Å². The van der Waals surface area contributed by atoms with E-state index >= 15 is 0 Å². The average molecular weight is 312 g/mol. The number of phenolic OH excluding ortho intramolecular Hbond substituents is 1. The van der Waals surface area contributed by atoms with Gasteiger partial charge in [0.1, 0.15) is 18.1 Å². The molecule has 1 atom stereocenters. The number of esters is 1. The van der Waals surface area contributed by atoms with Crippen molar-refractivity contribution in [3.8, 4) is 11.5 Å². The molecule has 2 rings (SSSR count). The lowest BCUT2D eigenvalue weighted by Gasteiger charge is -2.17. The molecule has 5 nitrogen and oxygen atoms in total. The second kappa shape index (κ2) is 7.79. The normalized spacial score (nSPS) is 11.3. The average Bonchev–Trinajstić information content (AvgIpc) is 2.58. The van der Waals surface area contributed by atoms with Crippen LogP contribution in [0.3, 0.4) is 0 Å². The van der Waals surface area contributed by atoms with Crippen LogP contribution in [-0.2, 0) is 9.53 Å². The van der Waals surface area contributed by atoms with Crippen LogP contribution in [0.15, 0.2) is 67.3 Å². The number of benzene rings is 2. The van der Waals surface area contributed by atoms with E-state index in [9.17, 15) is 14.7 Å². The first-order valence-electron chi connectivity index (χ1n) is 6.94. The number of aromatic hydroxyl groups is 1. The van der Waals surface area contributed by atoms with Gasteiger partial charge < -0.3 is 14.6 Å². The van der Waals surface area contributed by atoms with Gasteiger partial charge in [0.2, 0.25) is 5.78 Å². The highest BCUT2D eigenvalue weighted by molar-refractivity contribution is 6.01. The Morgan fingerprint density at radius 3 is 2.52 bits per heavy atom. The van der Waals surface area contributed by atoms with Gasteiger partial charge in [0.25, 0.3) is 0 Å². The summed E-state index contributed by atoms with van der Waals surface area (Å²) < 4.78 is 10.5. The van der Waals surface area contributed by atoms with Crippen LogP contribution in [0, 0.1) is 0 Å². The molecule has 0 bridgehead atoms. The molecule has 0 aliphatic heterocycles. The van der Waals surface area contributed by atoms with Gasteiger partial charge in [-0.15, -0.1) is 0 Å². The molecule has 0 aromatic heterocycles. The maximum atomic E-state index is 12.4. The summed E-state index contributed by atoms with van der Waals surface area (Å²) in [6, 6.07) is 14.6. The molecule has 1 unspecified atom stereocenters. The summed E-state index contributed by atoms with van der Waals surface area (Å²) in [4.78, 5) is 23.9. The van der Waals surface area contributed by atoms with Crippen molar-refractivity contribution in [3.05, 3.63) is 72.8 Å². The molecule has 23 heavy (non-hydrogen) atoms. The molecule has 0 aliphatic rings. The van der Waals surface area contributed by atoms with Crippen LogP contribution in [0.25, 0.3) is 0 Å². The number of Topliss-reactive ketones (excluding diaryl/α,β-unsaturated/α-hetero) is 1. The quantitative estimate of drug-likeness (QED) is 0.483.